The summed E-state index contributed by atoms with van der Waals surface area (Å²) in [5.74, 6) is -1.50. The quantitative estimate of drug-likeness (QED) is 0.159. The van der Waals surface area contributed by atoms with Crippen LogP contribution in [0.2, 0.25) is 0 Å². The predicted molar refractivity (Wildman–Crippen MR) is 136 cm³/mol. The number of carboxylic acid groups (broad SMARTS) is 1. The van der Waals surface area contributed by atoms with E-state index in [-0.39, 0.29) is 34.4 Å². The highest BCUT2D eigenvalue weighted by atomic mass is 79.9. The number of aromatic carboxylic acids is 1. The van der Waals surface area contributed by atoms with Crippen LogP contribution in [0.1, 0.15) is 133 Å². The Morgan fingerprint density at radius 1 is 0.906 bits per heavy atom. The van der Waals surface area contributed by atoms with Crippen LogP contribution in [0.15, 0.2) is 18.3 Å². The number of nitrogens with zero attached hydrogens (tertiary/aromatic N) is 1. The average molecular weight is 515 g/mol. The third kappa shape index (κ3) is 13.2. The molecule has 0 saturated carbocycles. The third-order valence-corrected chi connectivity index (χ3v) is 6.01. The summed E-state index contributed by atoms with van der Waals surface area (Å²) >= 11 is 0. The molecular formula is C26H44BrNO4. The summed E-state index contributed by atoms with van der Waals surface area (Å²) in [6.07, 6.45) is 18.1. The van der Waals surface area contributed by atoms with Gasteiger partial charge in [0.15, 0.2) is 0 Å². The van der Waals surface area contributed by atoms with Crippen LogP contribution in [0.4, 0.5) is 0 Å². The summed E-state index contributed by atoms with van der Waals surface area (Å²) in [6, 6.07) is 3.13. The van der Waals surface area contributed by atoms with Crippen LogP contribution in [0.5, 0.6) is 0 Å². The SMILES string of the molecule is Br.CCCCCCCCCCCCCCCC(=O)OC(C)C(C)c1ncccc1C(=O)O. The lowest BCUT2D eigenvalue weighted by Gasteiger charge is -2.21. The van der Waals surface area contributed by atoms with Gasteiger partial charge in [-0.3, -0.25) is 9.78 Å². The third-order valence-electron chi connectivity index (χ3n) is 6.01. The molecule has 1 aromatic heterocycles. The number of rotatable bonds is 18. The highest BCUT2D eigenvalue weighted by Gasteiger charge is 2.24. The van der Waals surface area contributed by atoms with Crippen LogP contribution in [-0.4, -0.2) is 28.1 Å². The molecule has 184 valence electrons. The number of carbonyl (C=O) groups is 2. The largest absolute Gasteiger partial charge is 0.478 e. The lowest BCUT2D eigenvalue weighted by molar-refractivity contribution is -0.149. The van der Waals surface area contributed by atoms with Gasteiger partial charge in [0.2, 0.25) is 0 Å². The van der Waals surface area contributed by atoms with Crippen molar-refractivity contribution in [1.29, 1.82) is 0 Å². The van der Waals surface area contributed by atoms with Gasteiger partial charge >= 0.3 is 11.9 Å². The Labute approximate surface area is 205 Å². The molecule has 0 radical (unpaired) electrons. The average Bonchev–Trinajstić information content (AvgIpc) is 2.76. The molecule has 0 bridgehead atoms. The normalized spacial score (nSPS) is 12.6. The molecule has 5 nitrogen and oxygen atoms in total. The van der Waals surface area contributed by atoms with E-state index < -0.39 is 12.1 Å². The van der Waals surface area contributed by atoms with Crippen molar-refractivity contribution in [2.24, 2.45) is 0 Å². The Hall–Kier alpha value is -1.43. The van der Waals surface area contributed by atoms with E-state index in [0.29, 0.717) is 12.1 Å². The molecule has 0 aliphatic carbocycles. The van der Waals surface area contributed by atoms with Gasteiger partial charge in [0.1, 0.15) is 6.10 Å². The molecule has 2 atom stereocenters. The Morgan fingerprint density at radius 3 is 1.91 bits per heavy atom. The van der Waals surface area contributed by atoms with Gasteiger partial charge in [0, 0.05) is 18.5 Å². The highest BCUT2D eigenvalue weighted by Crippen LogP contribution is 2.23. The summed E-state index contributed by atoms with van der Waals surface area (Å²) in [5.41, 5.74) is 0.616. The first-order valence-corrected chi connectivity index (χ1v) is 12.3. The smallest absolute Gasteiger partial charge is 0.337 e. The number of ether oxygens (including phenoxy) is 1. The molecule has 1 rings (SSSR count). The number of carboxylic acids is 1. The number of hydrogen-bond acceptors (Lipinski definition) is 4. The molecule has 2 unspecified atom stereocenters. The van der Waals surface area contributed by atoms with Crippen LogP contribution in [0, 0.1) is 0 Å². The van der Waals surface area contributed by atoms with Gasteiger partial charge in [-0.05, 0) is 25.5 Å². The highest BCUT2D eigenvalue weighted by molar-refractivity contribution is 8.93. The van der Waals surface area contributed by atoms with E-state index in [0.717, 1.165) is 12.8 Å². The van der Waals surface area contributed by atoms with E-state index in [4.69, 9.17) is 4.74 Å². The maximum atomic E-state index is 12.2. The zero-order valence-electron chi connectivity index (χ0n) is 20.3. The Kier molecular flexibility index (Phi) is 18.2. The van der Waals surface area contributed by atoms with Crippen LogP contribution < -0.4 is 0 Å². The number of halogens is 1. The van der Waals surface area contributed by atoms with Crippen LogP contribution in [-0.2, 0) is 9.53 Å². The number of hydrogen-bond donors (Lipinski definition) is 1. The summed E-state index contributed by atoms with van der Waals surface area (Å²) in [6.45, 7) is 5.90. The minimum atomic E-state index is -1.01. The van der Waals surface area contributed by atoms with Crippen molar-refractivity contribution in [3.63, 3.8) is 0 Å². The molecular weight excluding hydrogens is 470 g/mol. The standard InChI is InChI=1S/C26H43NO4.BrH/c1-4-5-6-7-8-9-10-11-12-13-14-15-16-19-24(28)31-22(3)21(2)25-23(26(29)30)18-17-20-27-25;/h17-18,20-22H,4-16,19H2,1-3H3,(H,29,30);1H. The fraction of sp³-hybridized carbons (Fsp3) is 0.731. The lowest BCUT2D eigenvalue weighted by Crippen LogP contribution is -2.23. The van der Waals surface area contributed by atoms with Crippen molar-refractivity contribution in [3.8, 4) is 0 Å². The summed E-state index contributed by atoms with van der Waals surface area (Å²) < 4.78 is 5.54. The second kappa shape index (κ2) is 19.1. The molecule has 32 heavy (non-hydrogen) atoms. The molecule has 0 aromatic carbocycles. The summed E-state index contributed by atoms with van der Waals surface area (Å²) in [4.78, 5) is 27.7. The van der Waals surface area contributed by atoms with E-state index >= 15 is 0 Å². The van der Waals surface area contributed by atoms with Gasteiger partial charge in [-0.25, -0.2) is 4.79 Å². The molecule has 0 spiro atoms. The second-order valence-electron chi connectivity index (χ2n) is 8.72. The second-order valence-corrected chi connectivity index (χ2v) is 8.72. The number of unbranched alkanes of at least 4 members (excludes halogenated alkanes) is 12. The first-order chi connectivity index (χ1) is 15.0. The lowest BCUT2D eigenvalue weighted by atomic mass is 9.97. The summed E-state index contributed by atoms with van der Waals surface area (Å²) in [7, 11) is 0. The molecule has 0 aliphatic heterocycles. The van der Waals surface area contributed by atoms with E-state index in [2.05, 4.69) is 11.9 Å². The first-order valence-electron chi connectivity index (χ1n) is 12.3. The van der Waals surface area contributed by atoms with Gasteiger partial charge in [0.25, 0.3) is 0 Å². The number of aromatic nitrogens is 1. The van der Waals surface area contributed by atoms with Crippen LogP contribution >= 0.6 is 17.0 Å². The Balaban J connectivity index is 0.00000961. The fourth-order valence-electron chi connectivity index (χ4n) is 3.84. The van der Waals surface area contributed by atoms with E-state index in [1.165, 1.54) is 76.7 Å². The van der Waals surface area contributed by atoms with Crippen LogP contribution in [0.25, 0.3) is 0 Å². The summed E-state index contributed by atoms with van der Waals surface area (Å²) in [5, 5.41) is 9.32. The van der Waals surface area contributed by atoms with Crippen LogP contribution in [0.3, 0.4) is 0 Å². The molecule has 0 aliphatic rings. The maximum absolute atomic E-state index is 12.2. The Bertz CT molecular complexity index is 638. The number of pyridine rings is 1. The minimum Gasteiger partial charge on any atom is -0.478 e. The van der Waals surface area contributed by atoms with Crippen molar-refractivity contribution in [1.82, 2.24) is 4.98 Å². The van der Waals surface area contributed by atoms with Crippen molar-refractivity contribution in [3.05, 3.63) is 29.6 Å². The maximum Gasteiger partial charge on any atom is 0.337 e. The van der Waals surface area contributed by atoms with Gasteiger partial charge in [-0.2, -0.15) is 0 Å². The molecule has 1 N–H and O–H groups in total. The van der Waals surface area contributed by atoms with Gasteiger partial charge < -0.3 is 9.84 Å². The molecule has 1 aromatic rings. The molecule has 0 amide bonds. The molecule has 0 fully saturated rings. The van der Waals surface area contributed by atoms with Gasteiger partial charge in [-0.1, -0.05) is 90.9 Å². The monoisotopic (exact) mass is 513 g/mol. The van der Waals surface area contributed by atoms with Gasteiger partial charge in [-0.15, -0.1) is 17.0 Å². The molecule has 6 heteroatoms. The van der Waals surface area contributed by atoms with E-state index in [9.17, 15) is 14.7 Å². The van der Waals surface area contributed by atoms with Crippen molar-refractivity contribution < 1.29 is 19.4 Å². The Morgan fingerprint density at radius 2 is 1.41 bits per heavy atom. The van der Waals surface area contributed by atoms with Crippen molar-refractivity contribution >= 4 is 28.9 Å². The zero-order valence-corrected chi connectivity index (χ0v) is 22.0. The van der Waals surface area contributed by atoms with E-state index in [1.54, 1.807) is 19.2 Å². The number of carbonyl (C=O) groups excluding carboxylic acids is 1. The number of esters is 1. The topological polar surface area (TPSA) is 76.5 Å². The minimum absolute atomic E-state index is 0. The molecule has 1 heterocycles. The molecule has 0 saturated heterocycles. The zero-order chi connectivity index (χ0) is 22.9. The van der Waals surface area contributed by atoms with Gasteiger partial charge in [0.05, 0.1) is 11.3 Å². The van der Waals surface area contributed by atoms with E-state index in [1.807, 2.05) is 6.92 Å². The predicted octanol–water partition coefficient (Wildman–Crippen LogP) is 7.87. The van der Waals surface area contributed by atoms with Crippen molar-refractivity contribution in [2.75, 3.05) is 0 Å². The fourth-order valence-corrected chi connectivity index (χ4v) is 3.84. The van der Waals surface area contributed by atoms with Crippen molar-refractivity contribution in [2.45, 2.75) is 123 Å². The first kappa shape index (κ1) is 30.6.